The Kier molecular flexibility index (Phi) is 3.71. The second-order valence-electron chi connectivity index (χ2n) is 5.47. The number of fused-ring (bicyclic) bond motifs is 1. The maximum atomic E-state index is 11.7. The van der Waals surface area contributed by atoms with Crippen LogP contribution in [0.15, 0.2) is 9.98 Å². The predicted molar refractivity (Wildman–Crippen MR) is 75.6 cm³/mol. The maximum absolute atomic E-state index is 11.7. The van der Waals surface area contributed by atoms with Gasteiger partial charge in [0.2, 0.25) is 0 Å². The Bertz CT molecular complexity index is 544. The van der Waals surface area contributed by atoms with E-state index in [1.165, 1.54) is 6.34 Å². The zero-order valence-corrected chi connectivity index (χ0v) is 11.9. The Morgan fingerprint density at radius 1 is 1.50 bits per heavy atom. The lowest BCUT2D eigenvalue weighted by molar-refractivity contribution is -0.148. The fourth-order valence-corrected chi connectivity index (χ4v) is 2.16. The zero-order chi connectivity index (χ0) is 15.7. The largest absolute Gasteiger partial charge is 0.462 e. The fraction of sp³-hybridized carbons (Fsp3) is 0.667. The second-order valence-corrected chi connectivity index (χ2v) is 5.47. The molecule has 1 saturated carbocycles. The van der Waals surface area contributed by atoms with E-state index in [1.54, 1.807) is 4.90 Å². The van der Waals surface area contributed by atoms with Crippen LogP contribution in [0, 0.1) is 0 Å². The van der Waals surface area contributed by atoms with Crippen molar-refractivity contribution in [3.8, 4) is 0 Å². The number of esters is 1. The molecule has 0 aromatic rings. The Morgan fingerprint density at radius 2 is 2.27 bits per heavy atom. The molecular weight excluding hydrogens is 292 g/mol. The van der Waals surface area contributed by atoms with Gasteiger partial charge in [-0.05, 0) is 12.8 Å². The van der Waals surface area contributed by atoms with Gasteiger partial charge in [-0.1, -0.05) is 0 Å². The number of ether oxygens (including phenoxy) is 2. The first-order valence-corrected chi connectivity index (χ1v) is 6.97. The zero-order valence-electron chi connectivity index (χ0n) is 11.9. The number of nitrogens with two attached hydrogens (primary N) is 2. The number of hydrogen-bond acceptors (Lipinski definition) is 9. The van der Waals surface area contributed by atoms with Gasteiger partial charge in [-0.3, -0.25) is 19.9 Å². The quantitative estimate of drug-likeness (QED) is 0.362. The number of aliphatic imine (C=N–C) groups is 2. The summed E-state index contributed by atoms with van der Waals surface area (Å²) in [7, 11) is 0. The molecule has 0 aromatic heterocycles. The van der Waals surface area contributed by atoms with Crippen LogP contribution in [0.2, 0.25) is 0 Å². The summed E-state index contributed by atoms with van der Waals surface area (Å²) in [5.74, 6) is -0.614. The van der Waals surface area contributed by atoms with E-state index < -0.39 is 17.7 Å². The summed E-state index contributed by atoms with van der Waals surface area (Å²) in [5, 5.41) is 2.42. The smallest absolute Gasteiger partial charge is 0.326 e. The first-order chi connectivity index (χ1) is 10.5. The minimum atomic E-state index is -0.781. The molecule has 3 aliphatic rings. The summed E-state index contributed by atoms with van der Waals surface area (Å²) in [5.41, 5.74) is 10.4. The van der Waals surface area contributed by atoms with Crippen LogP contribution in [0.25, 0.3) is 0 Å². The Hall–Kier alpha value is -2.20. The van der Waals surface area contributed by atoms with Crippen molar-refractivity contribution in [2.24, 2.45) is 21.5 Å². The lowest BCUT2D eigenvalue weighted by Gasteiger charge is -2.27. The van der Waals surface area contributed by atoms with E-state index in [0.29, 0.717) is 12.8 Å². The van der Waals surface area contributed by atoms with E-state index in [2.05, 4.69) is 15.3 Å². The molecule has 0 saturated heterocycles. The first kappa shape index (κ1) is 14.7. The van der Waals surface area contributed by atoms with Gasteiger partial charge in [-0.25, -0.2) is 4.99 Å². The SMILES string of the molecule is NC1=NC2C(N=CN2COCCOC(=O)C2(N)CC2)C(=O)N1. The van der Waals surface area contributed by atoms with Crippen LogP contribution in [0.3, 0.4) is 0 Å². The van der Waals surface area contributed by atoms with E-state index in [9.17, 15) is 9.59 Å². The van der Waals surface area contributed by atoms with Crippen LogP contribution in [0.1, 0.15) is 12.8 Å². The summed E-state index contributed by atoms with van der Waals surface area (Å²) in [6.45, 7) is 0.512. The third-order valence-corrected chi connectivity index (χ3v) is 3.69. The Labute approximate surface area is 126 Å². The highest BCUT2D eigenvalue weighted by atomic mass is 16.6. The number of amides is 1. The number of nitrogens with zero attached hydrogens (tertiary/aromatic N) is 3. The predicted octanol–water partition coefficient (Wildman–Crippen LogP) is -2.52. The van der Waals surface area contributed by atoms with E-state index >= 15 is 0 Å². The fourth-order valence-electron chi connectivity index (χ4n) is 2.16. The van der Waals surface area contributed by atoms with Gasteiger partial charge in [0, 0.05) is 0 Å². The summed E-state index contributed by atoms with van der Waals surface area (Å²) in [6, 6.07) is -0.610. The second kappa shape index (κ2) is 5.54. The number of nitrogens with one attached hydrogen (secondary N) is 1. The van der Waals surface area contributed by atoms with Gasteiger partial charge >= 0.3 is 5.97 Å². The Morgan fingerprint density at radius 3 is 3.00 bits per heavy atom. The molecule has 2 aliphatic heterocycles. The van der Waals surface area contributed by atoms with Gasteiger partial charge < -0.3 is 25.8 Å². The summed E-state index contributed by atoms with van der Waals surface area (Å²) in [4.78, 5) is 33.0. The normalized spacial score (nSPS) is 28.0. The van der Waals surface area contributed by atoms with Crippen molar-refractivity contribution >= 4 is 24.2 Å². The molecule has 0 radical (unpaired) electrons. The summed E-state index contributed by atoms with van der Waals surface area (Å²) < 4.78 is 10.4. The van der Waals surface area contributed by atoms with Crippen LogP contribution in [-0.4, -0.2) is 66.8 Å². The monoisotopic (exact) mass is 310 g/mol. The molecular formula is C12H18N6O4. The van der Waals surface area contributed by atoms with Crippen molar-refractivity contribution in [1.82, 2.24) is 10.2 Å². The number of carbonyl (C=O) groups excluding carboxylic acids is 2. The van der Waals surface area contributed by atoms with Crippen LogP contribution in [0.5, 0.6) is 0 Å². The van der Waals surface area contributed by atoms with Gasteiger partial charge in [-0.15, -0.1) is 0 Å². The van der Waals surface area contributed by atoms with Gasteiger partial charge in [0.15, 0.2) is 18.2 Å². The highest BCUT2D eigenvalue weighted by Gasteiger charge is 2.47. The molecule has 5 N–H and O–H groups in total. The van der Waals surface area contributed by atoms with E-state index in [-0.39, 0.29) is 37.8 Å². The van der Waals surface area contributed by atoms with Crippen molar-refractivity contribution in [2.45, 2.75) is 30.6 Å². The number of guanidine groups is 1. The minimum Gasteiger partial charge on any atom is -0.462 e. The molecule has 2 atom stereocenters. The lowest BCUT2D eigenvalue weighted by Crippen LogP contribution is -2.54. The molecule has 22 heavy (non-hydrogen) atoms. The summed E-state index contributed by atoms with van der Waals surface area (Å²) >= 11 is 0. The molecule has 3 rings (SSSR count). The van der Waals surface area contributed by atoms with E-state index in [1.807, 2.05) is 0 Å². The molecule has 10 heteroatoms. The highest BCUT2D eigenvalue weighted by Crippen LogP contribution is 2.33. The molecule has 1 amide bonds. The number of rotatable bonds is 6. The molecule has 0 spiro atoms. The molecule has 120 valence electrons. The van der Waals surface area contributed by atoms with Gasteiger partial charge in [0.1, 0.15) is 18.9 Å². The average Bonchev–Trinajstić information content (AvgIpc) is 3.09. The van der Waals surface area contributed by atoms with Crippen LogP contribution < -0.4 is 16.8 Å². The van der Waals surface area contributed by atoms with Crippen molar-refractivity contribution < 1.29 is 19.1 Å². The molecule has 2 heterocycles. The maximum Gasteiger partial charge on any atom is 0.326 e. The minimum absolute atomic E-state index is 0.0633. The third-order valence-electron chi connectivity index (χ3n) is 3.69. The van der Waals surface area contributed by atoms with E-state index in [0.717, 1.165) is 0 Å². The lowest BCUT2D eigenvalue weighted by atomic mass is 10.2. The first-order valence-electron chi connectivity index (χ1n) is 6.97. The van der Waals surface area contributed by atoms with Crippen LogP contribution in [-0.2, 0) is 19.1 Å². The van der Waals surface area contributed by atoms with Crippen LogP contribution in [0.4, 0.5) is 0 Å². The number of hydrogen-bond donors (Lipinski definition) is 3. The van der Waals surface area contributed by atoms with Gasteiger partial charge in [0.25, 0.3) is 5.91 Å². The molecule has 10 nitrogen and oxygen atoms in total. The topological polar surface area (TPSA) is 145 Å². The molecule has 2 unspecified atom stereocenters. The van der Waals surface area contributed by atoms with E-state index in [4.69, 9.17) is 20.9 Å². The molecule has 0 aromatic carbocycles. The third kappa shape index (κ3) is 2.88. The standard InChI is InChI=1S/C12H18N6O4/c13-11-16-8-7(9(19)17-11)15-5-18(8)6-21-3-4-22-10(20)12(14)1-2-12/h5,7-8H,1-4,6,14H2,(H3,13,16,17,19). The molecule has 0 bridgehead atoms. The van der Waals surface area contributed by atoms with Crippen molar-refractivity contribution in [2.75, 3.05) is 19.9 Å². The van der Waals surface area contributed by atoms with Crippen molar-refractivity contribution in [3.05, 3.63) is 0 Å². The van der Waals surface area contributed by atoms with Crippen molar-refractivity contribution in [3.63, 3.8) is 0 Å². The van der Waals surface area contributed by atoms with Gasteiger partial charge in [-0.2, -0.15) is 0 Å². The average molecular weight is 310 g/mol. The van der Waals surface area contributed by atoms with Crippen LogP contribution >= 0.6 is 0 Å². The number of carbonyl (C=O) groups is 2. The Balaban J connectivity index is 1.39. The van der Waals surface area contributed by atoms with Gasteiger partial charge in [0.05, 0.1) is 12.9 Å². The van der Waals surface area contributed by atoms with Crippen molar-refractivity contribution in [1.29, 1.82) is 0 Å². The molecule has 1 fully saturated rings. The summed E-state index contributed by atoms with van der Waals surface area (Å²) in [6.07, 6.45) is 2.35. The molecule has 1 aliphatic carbocycles. The highest BCUT2D eigenvalue weighted by molar-refractivity contribution is 6.02.